The summed E-state index contributed by atoms with van der Waals surface area (Å²) in [6.45, 7) is 0. The molecule has 9 heteroatoms. The van der Waals surface area contributed by atoms with Crippen molar-refractivity contribution in [2.45, 2.75) is 44.6 Å². The third kappa shape index (κ3) is 1660. The molecule has 0 amide bonds. The van der Waals surface area contributed by atoms with Crippen molar-refractivity contribution >= 4 is 0 Å². The van der Waals surface area contributed by atoms with Crippen LogP contribution in [0.25, 0.3) is 0 Å². The molecule has 0 spiro atoms. The molecule has 0 unspecified atom stereocenters. The van der Waals surface area contributed by atoms with Gasteiger partial charge < -0.3 is 10.4 Å². The van der Waals surface area contributed by atoms with Gasteiger partial charge in [0, 0.05) is 19.5 Å². The van der Waals surface area contributed by atoms with E-state index >= 15 is 0 Å². The van der Waals surface area contributed by atoms with Gasteiger partial charge in [0.25, 0.3) is 10.2 Å². The first-order chi connectivity index (χ1) is 3.46. The first-order valence-electron chi connectivity index (χ1n) is 1.13. The zero-order valence-electron chi connectivity index (χ0n) is 4.13. The molecule has 98 valence electrons. The van der Waals surface area contributed by atoms with Gasteiger partial charge >= 0.3 is 0 Å². The fourth-order valence-electron chi connectivity index (χ4n) is 0. The molecule has 0 saturated carbocycles. The van der Waals surface area contributed by atoms with Crippen LogP contribution in [-0.2, 0) is 19.5 Å². The van der Waals surface area contributed by atoms with E-state index in [1.807, 2.05) is 0 Å². The third-order valence-electron chi connectivity index (χ3n) is 0. The maximum absolute atomic E-state index is 8.36. The van der Waals surface area contributed by atoms with Gasteiger partial charge in [-0.3, -0.25) is 0 Å². The van der Waals surface area contributed by atoms with Gasteiger partial charge in [0.15, 0.2) is 0 Å². The van der Waals surface area contributed by atoms with Crippen LogP contribution in [0.2, 0.25) is 0 Å². The van der Waals surface area contributed by atoms with Crippen LogP contribution >= 0.6 is 0 Å². The Bertz CT molecular complexity index is 83.6. The molecule has 0 radical (unpaired) electrons. The van der Waals surface area contributed by atoms with Crippen molar-refractivity contribution in [1.29, 1.82) is 0 Å². The van der Waals surface area contributed by atoms with Crippen LogP contribution in [-0.4, -0.2) is 20.6 Å². The second kappa shape index (κ2) is 74.6. The Hall–Kier alpha value is -0.977. The minimum atomic E-state index is -1.50. The zero-order chi connectivity index (χ0) is 7.15. The molecule has 0 heterocycles. The minimum Gasteiger partial charge on any atom is -0.328 e. The standard InChI is InChI=1S/6CH4.2HNO3.Zn/c;;;;;;2*2-1(3)4;/h6*1H4;2*(H,2,3,4);. The van der Waals surface area contributed by atoms with Gasteiger partial charge in [-0.05, 0) is 0 Å². The van der Waals surface area contributed by atoms with E-state index in [-0.39, 0.29) is 64.0 Å². The summed E-state index contributed by atoms with van der Waals surface area (Å²) >= 11 is 0. The Morgan fingerprint density at radius 1 is 0.667 bits per heavy atom. The van der Waals surface area contributed by atoms with E-state index < -0.39 is 10.2 Å². The quantitative estimate of drug-likeness (QED) is 0.400. The number of nitrogens with zero attached hydrogens (tertiary/aromatic N) is 2. The van der Waals surface area contributed by atoms with Crippen molar-refractivity contribution in [2.24, 2.45) is 0 Å². The van der Waals surface area contributed by atoms with Crippen LogP contribution in [0.5, 0.6) is 0 Å². The molecular formula is C6H26N2O6Zn. The van der Waals surface area contributed by atoms with Gasteiger partial charge in [-0.25, -0.2) is 0 Å². The molecule has 0 rings (SSSR count). The SMILES string of the molecule is C.C.C.C.C.C.O=[N+]([O-])O.O=[N+]([O-])O.[Zn]. The van der Waals surface area contributed by atoms with Crippen LogP contribution in [0, 0.1) is 20.2 Å². The van der Waals surface area contributed by atoms with Crippen LogP contribution in [0.3, 0.4) is 0 Å². The van der Waals surface area contributed by atoms with Crippen molar-refractivity contribution in [3.63, 3.8) is 0 Å². The minimum absolute atomic E-state index is 0. The molecule has 0 aromatic carbocycles. The van der Waals surface area contributed by atoms with Gasteiger partial charge in [-0.1, -0.05) is 44.6 Å². The number of hydrogen-bond acceptors (Lipinski definition) is 4. The van der Waals surface area contributed by atoms with E-state index in [4.69, 9.17) is 30.6 Å². The molecule has 0 aliphatic carbocycles. The van der Waals surface area contributed by atoms with Gasteiger partial charge in [-0.2, -0.15) is 0 Å². The molecule has 8 nitrogen and oxygen atoms in total. The average molecular weight is 288 g/mol. The summed E-state index contributed by atoms with van der Waals surface area (Å²) in [6, 6.07) is 0. The Kier molecular flexibility index (Phi) is 469. The normalized spacial score (nSPS) is 3.20. The predicted molar refractivity (Wildman–Crippen MR) is 57.9 cm³/mol. The predicted octanol–water partition coefficient (Wildman–Crippen LogP) is 3.12. The summed E-state index contributed by atoms with van der Waals surface area (Å²) in [5, 5.41) is 27.3. The Labute approximate surface area is 105 Å². The van der Waals surface area contributed by atoms with E-state index in [1.165, 1.54) is 0 Å². The molecule has 0 aliphatic heterocycles. The molecular weight excluding hydrogens is 261 g/mol. The summed E-state index contributed by atoms with van der Waals surface area (Å²) in [5.74, 6) is 0. The molecule has 2 N–H and O–H groups in total. The second-order valence-corrected chi connectivity index (χ2v) is 0.476. The smallest absolute Gasteiger partial charge is 0.291 e. The van der Waals surface area contributed by atoms with Crippen LogP contribution in [0.1, 0.15) is 44.6 Å². The fourth-order valence-corrected chi connectivity index (χ4v) is 0. The molecule has 0 aromatic rings. The van der Waals surface area contributed by atoms with Gasteiger partial charge in [0.2, 0.25) is 0 Å². The largest absolute Gasteiger partial charge is 0.328 e. The number of rotatable bonds is 0. The molecule has 0 fully saturated rings. The number of hydrogen-bond donors (Lipinski definition) is 2. The fraction of sp³-hybridized carbons (Fsp3) is 1.00. The maximum atomic E-state index is 8.36. The Morgan fingerprint density at radius 2 is 0.667 bits per heavy atom. The van der Waals surface area contributed by atoms with Gasteiger partial charge in [-0.15, -0.1) is 20.2 Å². The van der Waals surface area contributed by atoms with Crippen molar-refractivity contribution < 1.29 is 40.1 Å². The first-order valence-corrected chi connectivity index (χ1v) is 1.13. The summed E-state index contributed by atoms with van der Waals surface area (Å²) in [6.07, 6.45) is 0. The van der Waals surface area contributed by atoms with Crippen LogP contribution < -0.4 is 0 Å². The van der Waals surface area contributed by atoms with Gasteiger partial charge in [0.1, 0.15) is 0 Å². The average Bonchev–Trinajstić information content (AvgIpc) is 1.25. The van der Waals surface area contributed by atoms with Gasteiger partial charge in [0.05, 0.1) is 0 Å². The van der Waals surface area contributed by atoms with E-state index in [9.17, 15) is 0 Å². The van der Waals surface area contributed by atoms with E-state index in [2.05, 4.69) is 0 Å². The Morgan fingerprint density at radius 3 is 0.667 bits per heavy atom. The van der Waals surface area contributed by atoms with Crippen molar-refractivity contribution in [3.05, 3.63) is 20.2 Å². The molecule has 0 saturated heterocycles. The maximum Gasteiger partial charge on any atom is 0.291 e. The monoisotopic (exact) mass is 286 g/mol. The second-order valence-electron chi connectivity index (χ2n) is 0.476. The van der Waals surface area contributed by atoms with Crippen molar-refractivity contribution in [1.82, 2.24) is 0 Å². The van der Waals surface area contributed by atoms with E-state index in [0.29, 0.717) is 0 Å². The molecule has 15 heavy (non-hydrogen) atoms. The molecule has 0 atom stereocenters. The molecule has 0 bridgehead atoms. The topological polar surface area (TPSA) is 127 Å². The zero-order valence-corrected chi connectivity index (χ0v) is 7.10. The Balaban J connectivity index is -0.00000000468. The van der Waals surface area contributed by atoms with Crippen LogP contribution in [0.4, 0.5) is 0 Å². The molecule has 0 aromatic heterocycles. The summed E-state index contributed by atoms with van der Waals surface area (Å²) in [5.41, 5.74) is 0. The summed E-state index contributed by atoms with van der Waals surface area (Å²) in [7, 11) is 0. The first kappa shape index (κ1) is 94.3. The third-order valence-corrected chi connectivity index (χ3v) is 0. The van der Waals surface area contributed by atoms with E-state index in [0.717, 1.165) is 0 Å². The van der Waals surface area contributed by atoms with Crippen LogP contribution in [0.15, 0.2) is 0 Å². The van der Waals surface area contributed by atoms with E-state index in [1.54, 1.807) is 0 Å². The summed E-state index contributed by atoms with van der Waals surface area (Å²) < 4.78 is 0. The van der Waals surface area contributed by atoms with Crippen molar-refractivity contribution in [2.75, 3.05) is 0 Å². The van der Waals surface area contributed by atoms with Crippen molar-refractivity contribution in [3.8, 4) is 0 Å². The molecule has 0 aliphatic rings. The summed E-state index contributed by atoms with van der Waals surface area (Å²) in [4.78, 5) is 16.7.